The first-order chi connectivity index (χ1) is 13.4. The predicted octanol–water partition coefficient (Wildman–Crippen LogP) is 3.76. The number of hydrogen-bond acceptors (Lipinski definition) is 5. The van der Waals surface area contributed by atoms with Gasteiger partial charge in [-0.3, -0.25) is 14.9 Å². The number of hydrogen-bond donors (Lipinski definition) is 0. The number of nitrogens with zero attached hydrogens (tertiary/aromatic N) is 3. The summed E-state index contributed by atoms with van der Waals surface area (Å²) in [5.41, 5.74) is -1.14. The van der Waals surface area contributed by atoms with Gasteiger partial charge in [0.05, 0.1) is 10.5 Å². The minimum absolute atomic E-state index is 0.0375. The van der Waals surface area contributed by atoms with E-state index < -0.39 is 34.0 Å². The van der Waals surface area contributed by atoms with E-state index in [0.717, 1.165) is 25.0 Å². The van der Waals surface area contributed by atoms with Crippen LogP contribution in [0.1, 0.15) is 49.5 Å². The molecule has 1 fully saturated rings. The van der Waals surface area contributed by atoms with Crippen LogP contribution in [-0.4, -0.2) is 59.0 Å². The van der Waals surface area contributed by atoms with Crippen LogP contribution < -0.4 is 0 Å². The van der Waals surface area contributed by atoms with Gasteiger partial charge in [0, 0.05) is 38.3 Å². The van der Waals surface area contributed by atoms with Crippen LogP contribution in [0, 0.1) is 28.8 Å². The number of carbonyl (C=O) groups is 2. The molecule has 0 saturated carbocycles. The highest BCUT2D eigenvalue weighted by Crippen LogP contribution is 2.25. The SMILES string of the molecule is Cc1c(F)cc(C(=O)N2CCCC(CN(C)C(=O)OC(C)(C)C)C2)cc1[N+](=O)[O-]. The Labute approximate surface area is 169 Å². The zero-order valence-electron chi connectivity index (χ0n) is 17.5. The Kier molecular flexibility index (Phi) is 6.81. The molecule has 0 radical (unpaired) electrons. The zero-order chi connectivity index (χ0) is 21.9. The molecule has 29 heavy (non-hydrogen) atoms. The first-order valence-electron chi connectivity index (χ1n) is 9.57. The van der Waals surface area contributed by atoms with Gasteiger partial charge in [0.15, 0.2) is 0 Å². The van der Waals surface area contributed by atoms with Gasteiger partial charge in [-0.1, -0.05) is 0 Å². The molecule has 2 rings (SSSR count). The number of rotatable bonds is 4. The van der Waals surface area contributed by atoms with Gasteiger partial charge < -0.3 is 14.5 Å². The van der Waals surface area contributed by atoms with Crippen molar-refractivity contribution in [2.75, 3.05) is 26.7 Å². The van der Waals surface area contributed by atoms with Crippen LogP contribution in [0.5, 0.6) is 0 Å². The summed E-state index contributed by atoms with van der Waals surface area (Å²) in [4.78, 5) is 38.5. The van der Waals surface area contributed by atoms with E-state index in [0.29, 0.717) is 19.6 Å². The average molecular weight is 409 g/mol. The van der Waals surface area contributed by atoms with Crippen LogP contribution in [0.25, 0.3) is 0 Å². The van der Waals surface area contributed by atoms with Crippen LogP contribution in [0.2, 0.25) is 0 Å². The molecule has 1 aromatic carbocycles. The van der Waals surface area contributed by atoms with Crippen molar-refractivity contribution in [3.63, 3.8) is 0 Å². The van der Waals surface area contributed by atoms with E-state index in [1.165, 1.54) is 11.8 Å². The van der Waals surface area contributed by atoms with Gasteiger partial charge in [0.2, 0.25) is 0 Å². The highest BCUT2D eigenvalue weighted by molar-refractivity contribution is 5.95. The van der Waals surface area contributed by atoms with Crippen molar-refractivity contribution in [3.05, 3.63) is 39.2 Å². The number of ether oxygens (including phenoxy) is 1. The minimum atomic E-state index is -0.777. The Bertz CT molecular complexity index is 806. The molecule has 1 aliphatic heterocycles. The van der Waals surface area contributed by atoms with Gasteiger partial charge in [-0.05, 0) is 52.5 Å². The second kappa shape index (κ2) is 8.75. The van der Waals surface area contributed by atoms with Gasteiger partial charge in [-0.25, -0.2) is 9.18 Å². The van der Waals surface area contributed by atoms with E-state index in [9.17, 15) is 24.1 Å². The lowest BCUT2D eigenvalue weighted by Crippen LogP contribution is -2.45. The molecule has 0 aromatic heterocycles. The van der Waals surface area contributed by atoms with Crippen molar-refractivity contribution in [3.8, 4) is 0 Å². The zero-order valence-corrected chi connectivity index (χ0v) is 17.5. The maximum atomic E-state index is 14.1. The summed E-state index contributed by atoms with van der Waals surface area (Å²) in [6, 6.07) is 2.16. The first-order valence-corrected chi connectivity index (χ1v) is 9.57. The third kappa shape index (κ3) is 5.88. The number of carbonyl (C=O) groups excluding carboxylic acids is 2. The number of likely N-dealkylation sites (tertiary alicyclic amines) is 1. The number of halogens is 1. The van der Waals surface area contributed by atoms with E-state index in [-0.39, 0.29) is 17.0 Å². The van der Waals surface area contributed by atoms with Crippen molar-refractivity contribution >= 4 is 17.7 Å². The lowest BCUT2D eigenvalue weighted by atomic mass is 9.96. The smallest absolute Gasteiger partial charge is 0.410 e. The molecule has 1 aliphatic rings. The number of nitro groups is 1. The molecule has 1 saturated heterocycles. The van der Waals surface area contributed by atoms with Crippen molar-refractivity contribution < 1.29 is 23.6 Å². The maximum absolute atomic E-state index is 14.1. The normalized spacial score (nSPS) is 17.0. The Hall–Kier alpha value is -2.71. The third-order valence-corrected chi connectivity index (χ3v) is 4.80. The highest BCUT2D eigenvalue weighted by Gasteiger charge is 2.29. The molecule has 8 nitrogen and oxygen atoms in total. The topological polar surface area (TPSA) is 93.0 Å². The van der Waals surface area contributed by atoms with E-state index in [4.69, 9.17) is 4.74 Å². The molecular weight excluding hydrogens is 381 g/mol. The summed E-state index contributed by atoms with van der Waals surface area (Å²) in [6.07, 6.45) is 1.13. The van der Waals surface area contributed by atoms with Gasteiger partial charge in [0.25, 0.3) is 11.6 Å². The summed E-state index contributed by atoms with van der Waals surface area (Å²) in [5.74, 6) is -1.19. The molecule has 0 aliphatic carbocycles. The van der Waals surface area contributed by atoms with Gasteiger partial charge in [0.1, 0.15) is 11.4 Å². The van der Waals surface area contributed by atoms with E-state index in [2.05, 4.69) is 0 Å². The summed E-state index contributed by atoms with van der Waals surface area (Å²) in [7, 11) is 1.65. The van der Waals surface area contributed by atoms with Gasteiger partial charge in [-0.2, -0.15) is 0 Å². The van der Waals surface area contributed by atoms with Crippen LogP contribution in [0.4, 0.5) is 14.9 Å². The molecule has 0 N–H and O–H groups in total. The second-order valence-electron chi connectivity index (χ2n) is 8.48. The summed E-state index contributed by atoms with van der Waals surface area (Å²) >= 11 is 0. The molecule has 0 spiro atoms. The van der Waals surface area contributed by atoms with Crippen molar-refractivity contribution in [1.29, 1.82) is 0 Å². The lowest BCUT2D eigenvalue weighted by molar-refractivity contribution is -0.385. The molecule has 1 unspecified atom stereocenters. The van der Waals surface area contributed by atoms with Crippen molar-refractivity contribution in [2.24, 2.45) is 5.92 Å². The van der Waals surface area contributed by atoms with E-state index >= 15 is 0 Å². The van der Waals surface area contributed by atoms with Crippen molar-refractivity contribution in [1.82, 2.24) is 9.80 Å². The van der Waals surface area contributed by atoms with Gasteiger partial charge in [-0.15, -0.1) is 0 Å². The monoisotopic (exact) mass is 409 g/mol. The largest absolute Gasteiger partial charge is 0.444 e. The summed E-state index contributed by atoms with van der Waals surface area (Å²) < 4.78 is 19.4. The number of benzene rings is 1. The molecule has 1 atom stereocenters. The Morgan fingerprint density at radius 1 is 1.38 bits per heavy atom. The second-order valence-corrected chi connectivity index (χ2v) is 8.48. The van der Waals surface area contributed by atoms with E-state index in [1.807, 2.05) is 0 Å². The average Bonchev–Trinajstić information content (AvgIpc) is 2.61. The van der Waals surface area contributed by atoms with Crippen LogP contribution in [-0.2, 0) is 4.74 Å². The molecule has 2 amide bonds. The van der Waals surface area contributed by atoms with Crippen molar-refractivity contribution in [2.45, 2.75) is 46.1 Å². The fraction of sp³-hybridized carbons (Fsp3) is 0.600. The predicted molar refractivity (Wildman–Crippen MR) is 105 cm³/mol. The Balaban J connectivity index is 2.08. The molecule has 1 heterocycles. The summed E-state index contributed by atoms with van der Waals surface area (Å²) in [6.45, 7) is 7.97. The van der Waals surface area contributed by atoms with Crippen LogP contribution >= 0.6 is 0 Å². The Morgan fingerprint density at radius 3 is 2.62 bits per heavy atom. The Morgan fingerprint density at radius 2 is 2.03 bits per heavy atom. The highest BCUT2D eigenvalue weighted by atomic mass is 19.1. The van der Waals surface area contributed by atoms with Gasteiger partial charge >= 0.3 is 6.09 Å². The number of piperidine rings is 1. The minimum Gasteiger partial charge on any atom is -0.444 e. The number of nitro benzene ring substituents is 1. The molecule has 0 bridgehead atoms. The molecule has 160 valence electrons. The molecular formula is C20H28FN3O5. The van der Waals surface area contributed by atoms with Crippen LogP contribution in [0.3, 0.4) is 0 Å². The quantitative estimate of drug-likeness (QED) is 0.558. The van der Waals surface area contributed by atoms with Crippen LogP contribution in [0.15, 0.2) is 12.1 Å². The molecule has 1 aromatic rings. The first kappa shape index (κ1) is 22.6. The van der Waals surface area contributed by atoms with E-state index in [1.54, 1.807) is 32.7 Å². The fourth-order valence-electron chi connectivity index (χ4n) is 3.36. The standard InChI is InChI=1S/C20H28FN3O5/c1-13-16(21)9-15(10-17(13)24(27)28)18(25)23-8-6-7-14(12-23)11-22(5)19(26)29-20(2,3)4/h9-10,14H,6-8,11-12H2,1-5H3. The lowest BCUT2D eigenvalue weighted by Gasteiger charge is -2.35. The summed E-state index contributed by atoms with van der Waals surface area (Å²) in [5, 5.41) is 11.1. The fourth-order valence-corrected chi connectivity index (χ4v) is 3.36. The number of amides is 2. The molecule has 9 heteroatoms. The third-order valence-electron chi connectivity index (χ3n) is 4.80. The maximum Gasteiger partial charge on any atom is 0.410 e.